The molecular formula is C19H31NO7. The minimum atomic E-state index is -1.73. The molecule has 0 saturated carbocycles. The van der Waals surface area contributed by atoms with Crippen LogP contribution in [-0.2, 0) is 0 Å². The van der Waals surface area contributed by atoms with E-state index in [4.69, 9.17) is 9.84 Å². The van der Waals surface area contributed by atoms with Gasteiger partial charge in [0.25, 0.3) is 5.91 Å². The molecule has 0 fully saturated rings. The molecule has 0 unspecified atom stereocenters. The molecule has 1 aromatic rings. The summed E-state index contributed by atoms with van der Waals surface area (Å²) in [6, 6.07) is 6.54. The second kappa shape index (κ2) is 12.6. The molecule has 8 nitrogen and oxygen atoms in total. The van der Waals surface area contributed by atoms with Crippen molar-refractivity contribution < 1.29 is 35.1 Å². The standard InChI is InChI=1S/C19H31NO7/c1-2-3-4-5-10-27-14-8-6-13(7-9-14)19(26)20-11-15(22)17(24)18(25)16(23)12-21/h6-9,15-18,21-25H,2-5,10-12H2,1H3,(H,20,26)/t15-,16+,17+,18+/m0/s1. The van der Waals surface area contributed by atoms with Crippen molar-refractivity contribution in [1.29, 1.82) is 0 Å². The van der Waals surface area contributed by atoms with Crippen molar-refractivity contribution in [2.45, 2.75) is 57.0 Å². The number of amides is 1. The molecular weight excluding hydrogens is 354 g/mol. The Morgan fingerprint density at radius 3 is 2.22 bits per heavy atom. The Bertz CT molecular complexity index is 537. The van der Waals surface area contributed by atoms with Gasteiger partial charge in [-0.1, -0.05) is 26.2 Å². The number of aliphatic hydroxyl groups excluding tert-OH is 5. The molecule has 0 aliphatic carbocycles. The van der Waals surface area contributed by atoms with E-state index in [0.29, 0.717) is 17.9 Å². The summed E-state index contributed by atoms with van der Waals surface area (Å²) in [7, 11) is 0. The molecule has 0 aliphatic heterocycles. The van der Waals surface area contributed by atoms with Crippen LogP contribution < -0.4 is 10.1 Å². The van der Waals surface area contributed by atoms with Crippen molar-refractivity contribution in [1.82, 2.24) is 5.32 Å². The van der Waals surface area contributed by atoms with E-state index in [2.05, 4.69) is 12.2 Å². The van der Waals surface area contributed by atoms with Gasteiger partial charge < -0.3 is 35.6 Å². The van der Waals surface area contributed by atoms with Crippen molar-refractivity contribution in [3.05, 3.63) is 29.8 Å². The van der Waals surface area contributed by atoms with Crippen LogP contribution in [0.3, 0.4) is 0 Å². The molecule has 0 bridgehead atoms. The Kier molecular flexibility index (Phi) is 10.9. The molecule has 1 amide bonds. The van der Waals surface area contributed by atoms with Gasteiger partial charge in [-0.15, -0.1) is 0 Å². The lowest BCUT2D eigenvalue weighted by atomic mass is 10.0. The summed E-state index contributed by atoms with van der Waals surface area (Å²) < 4.78 is 5.60. The maximum absolute atomic E-state index is 12.1. The van der Waals surface area contributed by atoms with Crippen LogP contribution >= 0.6 is 0 Å². The highest BCUT2D eigenvalue weighted by molar-refractivity contribution is 5.94. The second-order valence-corrected chi connectivity index (χ2v) is 6.44. The number of nitrogens with one attached hydrogen (secondary N) is 1. The van der Waals surface area contributed by atoms with Gasteiger partial charge >= 0.3 is 0 Å². The summed E-state index contributed by atoms with van der Waals surface area (Å²) in [6.07, 6.45) is -2.08. The maximum Gasteiger partial charge on any atom is 0.251 e. The molecule has 1 rings (SSSR count). The number of carbonyl (C=O) groups is 1. The number of aliphatic hydroxyl groups is 5. The number of benzene rings is 1. The number of unbranched alkanes of at least 4 members (excludes halogenated alkanes) is 3. The van der Waals surface area contributed by atoms with E-state index >= 15 is 0 Å². The van der Waals surface area contributed by atoms with E-state index < -0.39 is 36.9 Å². The van der Waals surface area contributed by atoms with Crippen LogP contribution in [0.4, 0.5) is 0 Å². The first-order chi connectivity index (χ1) is 12.9. The average Bonchev–Trinajstić information content (AvgIpc) is 2.70. The van der Waals surface area contributed by atoms with Gasteiger partial charge in [0.15, 0.2) is 0 Å². The lowest BCUT2D eigenvalue weighted by Crippen LogP contribution is -2.49. The molecule has 0 aliphatic rings. The SMILES string of the molecule is CCCCCCOc1ccc(C(=O)NC[C@H](O)[C@@H](O)[C@H](O)[C@H](O)CO)cc1. The molecule has 154 valence electrons. The summed E-state index contributed by atoms with van der Waals surface area (Å²) >= 11 is 0. The fourth-order valence-corrected chi connectivity index (χ4v) is 2.40. The minimum absolute atomic E-state index is 0.328. The summed E-state index contributed by atoms with van der Waals surface area (Å²) in [4.78, 5) is 12.1. The van der Waals surface area contributed by atoms with E-state index in [1.165, 1.54) is 6.42 Å². The number of rotatable bonds is 13. The van der Waals surface area contributed by atoms with Crippen LogP contribution in [0.1, 0.15) is 43.0 Å². The molecule has 8 heteroatoms. The topological polar surface area (TPSA) is 139 Å². The Morgan fingerprint density at radius 2 is 1.63 bits per heavy atom. The predicted octanol–water partition coefficient (Wildman–Crippen LogP) is -0.189. The third kappa shape index (κ3) is 8.23. The van der Waals surface area contributed by atoms with Crippen LogP contribution in [-0.4, -0.2) is 75.6 Å². The fourth-order valence-electron chi connectivity index (χ4n) is 2.40. The Morgan fingerprint density at radius 1 is 1.00 bits per heavy atom. The van der Waals surface area contributed by atoms with E-state index in [0.717, 1.165) is 19.3 Å². The minimum Gasteiger partial charge on any atom is -0.494 e. The first kappa shape index (κ1) is 23.3. The van der Waals surface area contributed by atoms with E-state index in [1.807, 2.05) is 0 Å². The van der Waals surface area contributed by atoms with Crippen molar-refractivity contribution in [2.75, 3.05) is 19.8 Å². The largest absolute Gasteiger partial charge is 0.494 e. The third-order valence-corrected chi connectivity index (χ3v) is 4.18. The zero-order chi connectivity index (χ0) is 20.2. The number of hydrogen-bond acceptors (Lipinski definition) is 7. The monoisotopic (exact) mass is 385 g/mol. The van der Waals surface area contributed by atoms with E-state index in [-0.39, 0.29) is 6.54 Å². The molecule has 0 saturated heterocycles. The van der Waals surface area contributed by atoms with Crippen molar-refractivity contribution >= 4 is 5.91 Å². The van der Waals surface area contributed by atoms with Gasteiger partial charge in [-0.05, 0) is 30.7 Å². The second-order valence-electron chi connectivity index (χ2n) is 6.44. The normalized spacial score (nSPS) is 15.6. The lowest BCUT2D eigenvalue weighted by Gasteiger charge is -2.25. The van der Waals surface area contributed by atoms with Gasteiger partial charge in [0, 0.05) is 12.1 Å². The molecule has 27 heavy (non-hydrogen) atoms. The molecule has 6 N–H and O–H groups in total. The van der Waals surface area contributed by atoms with Crippen LogP contribution in [0.15, 0.2) is 24.3 Å². The Hall–Kier alpha value is -1.71. The highest BCUT2D eigenvalue weighted by atomic mass is 16.5. The smallest absolute Gasteiger partial charge is 0.251 e. The summed E-state index contributed by atoms with van der Waals surface area (Å²) in [5.41, 5.74) is 0.353. The van der Waals surface area contributed by atoms with E-state index in [9.17, 15) is 25.2 Å². The third-order valence-electron chi connectivity index (χ3n) is 4.18. The summed E-state index contributed by atoms with van der Waals surface area (Å²) in [5, 5.41) is 49.5. The zero-order valence-electron chi connectivity index (χ0n) is 15.6. The van der Waals surface area contributed by atoms with Crippen LogP contribution in [0.2, 0.25) is 0 Å². The zero-order valence-corrected chi connectivity index (χ0v) is 15.6. The van der Waals surface area contributed by atoms with Crippen molar-refractivity contribution in [2.24, 2.45) is 0 Å². The van der Waals surface area contributed by atoms with Gasteiger partial charge in [-0.25, -0.2) is 0 Å². The summed E-state index contributed by atoms with van der Waals surface area (Å²) in [6.45, 7) is 1.68. The van der Waals surface area contributed by atoms with Crippen LogP contribution in [0, 0.1) is 0 Å². The fraction of sp³-hybridized carbons (Fsp3) is 0.632. The maximum atomic E-state index is 12.1. The highest BCUT2D eigenvalue weighted by Crippen LogP contribution is 2.13. The Labute approximate surface area is 159 Å². The first-order valence-electron chi connectivity index (χ1n) is 9.24. The molecule has 0 aromatic heterocycles. The van der Waals surface area contributed by atoms with E-state index in [1.54, 1.807) is 24.3 Å². The average molecular weight is 385 g/mol. The predicted molar refractivity (Wildman–Crippen MR) is 99.5 cm³/mol. The summed E-state index contributed by atoms with van der Waals surface area (Å²) in [5.74, 6) is 0.201. The van der Waals surface area contributed by atoms with Crippen LogP contribution in [0.25, 0.3) is 0 Å². The number of carbonyl (C=O) groups excluding carboxylic acids is 1. The van der Waals surface area contributed by atoms with Gasteiger partial charge in [0.2, 0.25) is 0 Å². The van der Waals surface area contributed by atoms with Gasteiger partial charge in [-0.3, -0.25) is 4.79 Å². The molecule has 1 aromatic carbocycles. The molecule has 0 spiro atoms. The van der Waals surface area contributed by atoms with Crippen molar-refractivity contribution in [3.8, 4) is 5.75 Å². The number of ether oxygens (including phenoxy) is 1. The van der Waals surface area contributed by atoms with Gasteiger partial charge in [0.05, 0.1) is 19.3 Å². The first-order valence-corrected chi connectivity index (χ1v) is 9.24. The van der Waals surface area contributed by atoms with Gasteiger partial charge in [0.1, 0.15) is 24.1 Å². The molecule has 4 atom stereocenters. The quantitative estimate of drug-likeness (QED) is 0.259. The molecule has 0 heterocycles. The Balaban J connectivity index is 2.41. The van der Waals surface area contributed by atoms with Crippen molar-refractivity contribution in [3.63, 3.8) is 0 Å². The van der Waals surface area contributed by atoms with Crippen LogP contribution in [0.5, 0.6) is 5.75 Å². The highest BCUT2D eigenvalue weighted by Gasteiger charge is 2.30. The number of hydrogen-bond donors (Lipinski definition) is 6. The lowest BCUT2D eigenvalue weighted by molar-refractivity contribution is -0.113. The van der Waals surface area contributed by atoms with Gasteiger partial charge in [-0.2, -0.15) is 0 Å². The molecule has 0 radical (unpaired) electrons.